The van der Waals surface area contributed by atoms with Crippen molar-refractivity contribution in [1.29, 1.82) is 0 Å². The Morgan fingerprint density at radius 1 is 0.373 bits per heavy atom. The zero-order valence-electron chi connectivity index (χ0n) is 32.1. The normalized spacial score (nSPS) is 11.7. The Hall–Kier alpha value is -7.88. The molecule has 0 saturated heterocycles. The van der Waals surface area contributed by atoms with Crippen LogP contribution in [0.3, 0.4) is 0 Å². The van der Waals surface area contributed by atoms with Crippen molar-refractivity contribution in [3.63, 3.8) is 0 Å². The fourth-order valence-electron chi connectivity index (χ4n) is 9.31. The number of hydrogen-bond donors (Lipinski definition) is 0. The minimum atomic E-state index is 0.857. The molecule has 0 fully saturated rings. The number of para-hydroxylation sites is 5. The lowest BCUT2D eigenvalue weighted by Gasteiger charge is -2.29. The minimum Gasteiger partial charge on any atom is -0.455 e. The van der Waals surface area contributed by atoms with E-state index in [2.05, 4.69) is 222 Å². The Kier molecular flexibility index (Phi) is 7.54. The van der Waals surface area contributed by atoms with Crippen molar-refractivity contribution >= 4 is 82.4 Å². The topological polar surface area (TPSA) is 21.3 Å². The van der Waals surface area contributed by atoms with E-state index in [1.807, 2.05) is 6.07 Å². The van der Waals surface area contributed by atoms with E-state index in [0.29, 0.717) is 0 Å². The minimum absolute atomic E-state index is 0.857. The molecule has 0 radical (unpaired) electrons. The molecule has 0 spiro atoms. The first-order valence-electron chi connectivity index (χ1n) is 20.2. The van der Waals surface area contributed by atoms with Gasteiger partial charge in [-0.15, -0.1) is 0 Å². The standard InChI is InChI=1S/C56H36N2O/c1-2-17-41(18-3-1)57(42-19-14-16-38(36-42)39-31-32-44-40(35-39)30-29-37-15-4-5-20-43(37)44)53-34-33-48-47-23-9-13-28-54(47)59-56(48)55(53)49-24-8-12-27-52(49)58-50-25-10-6-21-45(50)46-22-7-11-26-51(46)58/h1-36H. The Bertz CT molecular complexity index is 3520. The van der Waals surface area contributed by atoms with Crippen molar-refractivity contribution in [2.45, 2.75) is 0 Å². The van der Waals surface area contributed by atoms with Gasteiger partial charge in [0.2, 0.25) is 0 Å². The van der Waals surface area contributed by atoms with E-state index in [4.69, 9.17) is 4.42 Å². The monoisotopic (exact) mass is 752 g/mol. The largest absolute Gasteiger partial charge is 0.455 e. The lowest BCUT2D eigenvalue weighted by atomic mass is 9.95. The molecule has 59 heavy (non-hydrogen) atoms. The molecule has 0 atom stereocenters. The Morgan fingerprint density at radius 2 is 0.983 bits per heavy atom. The zero-order chi connectivity index (χ0) is 38.9. The third-order valence-corrected chi connectivity index (χ3v) is 12.0. The molecule has 3 heteroatoms. The van der Waals surface area contributed by atoms with Crippen molar-refractivity contribution in [2.75, 3.05) is 4.90 Å². The van der Waals surface area contributed by atoms with Crippen LogP contribution in [0.5, 0.6) is 0 Å². The predicted molar refractivity (Wildman–Crippen MR) is 249 cm³/mol. The van der Waals surface area contributed by atoms with Crippen LogP contribution in [0.15, 0.2) is 223 Å². The van der Waals surface area contributed by atoms with Crippen molar-refractivity contribution in [3.8, 4) is 27.9 Å². The third kappa shape index (κ3) is 5.29. The van der Waals surface area contributed by atoms with Crippen LogP contribution in [-0.4, -0.2) is 4.57 Å². The van der Waals surface area contributed by atoms with E-state index in [0.717, 1.165) is 72.4 Å². The fraction of sp³-hybridized carbons (Fsp3) is 0. The summed E-state index contributed by atoms with van der Waals surface area (Å²) in [5, 5.41) is 9.66. The van der Waals surface area contributed by atoms with Crippen LogP contribution in [0.2, 0.25) is 0 Å². The van der Waals surface area contributed by atoms with Crippen LogP contribution < -0.4 is 4.90 Å². The molecule has 0 aliphatic rings. The summed E-state index contributed by atoms with van der Waals surface area (Å²) in [6.45, 7) is 0. The number of benzene rings is 10. The summed E-state index contributed by atoms with van der Waals surface area (Å²) in [6, 6.07) is 78.7. The maximum atomic E-state index is 6.98. The summed E-state index contributed by atoms with van der Waals surface area (Å²) in [6.07, 6.45) is 0. The summed E-state index contributed by atoms with van der Waals surface area (Å²) >= 11 is 0. The van der Waals surface area contributed by atoms with Gasteiger partial charge in [0.05, 0.1) is 28.0 Å². The number of nitrogens with zero attached hydrogens (tertiary/aromatic N) is 2. The summed E-state index contributed by atoms with van der Waals surface area (Å²) in [4.78, 5) is 2.39. The highest BCUT2D eigenvalue weighted by molar-refractivity contribution is 6.15. The van der Waals surface area contributed by atoms with E-state index in [-0.39, 0.29) is 0 Å². The van der Waals surface area contributed by atoms with E-state index in [1.54, 1.807) is 0 Å². The van der Waals surface area contributed by atoms with Crippen LogP contribution in [0, 0.1) is 0 Å². The van der Waals surface area contributed by atoms with Gasteiger partial charge in [-0.25, -0.2) is 0 Å². The molecule has 0 aliphatic carbocycles. The second-order valence-electron chi connectivity index (χ2n) is 15.3. The zero-order valence-corrected chi connectivity index (χ0v) is 32.1. The highest BCUT2D eigenvalue weighted by Gasteiger charge is 2.26. The van der Waals surface area contributed by atoms with Crippen LogP contribution >= 0.6 is 0 Å². The molecule has 12 rings (SSSR count). The van der Waals surface area contributed by atoms with Gasteiger partial charge in [0.25, 0.3) is 0 Å². The molecular weight excluding hydrogens is 717 g/mol. The molecule has 10 aromatic carbocycles. The van der Waals surface area contributed by atoms with E-state index < -0.39 is 0 Å². The fourth-order valence-corrected chi connectivity index (χ4v) is 9.31. The average Bonchev–Trinajstić information content (AvgIpc) is 3.85. The molecular formula is C56H36N2O. The predicted octanol–water partition coefficient (Wildman–Crippen LogP) is 15.8. The molecule has 276 valence electrons. The van der Waals surface area contributed by atoms with E-state index >= 15 is 0 Å². The maximum absolute atomic E-state index is 6.98. The van der Waals surface area contributed by atoms with Crippen molar-refractivity contribution in [2.24, 2.45) is 0 Å². The van der Waals surface area contributed by atoms with Gasteiger partial charge in [-0.3, -0.25) is 0 Å². The molecule has 3 nitrogen and oxygen atoms in total. The van der Waals surface area contributed by atoms with Gasteiger partial charge in [-0.2, -0.15) is 0 Å². The van der Waals surface area contributed by atoms with Gasteiger partial charge < -0.3 is 13.9 Å². The van der Waals surface area contributed by atoms with Gasteiger partial charge in [-0.1, -0.05) is 152 Å². The molecule has 12 aromatic rings. The maximum Gasteiger partial charge on any atom is 0.145 e. The molecule has 2 aromatic heterocycles. The quantitative estimate of drug-likeness (QED) is 0.158. The number of fused-ring (bicyclic) bond motifs is 9. The molecule has 0 saturated carbocycles. The highest BCUT2D eigenvalue weighted by atomic mass is 16.3. The Labute approximate surface area is 341 Å². The van der Waals surface area contributed by atoms with E-state index in [9.17, 15) is 0 Å². The average molecular weight is 753 g/mol. The lowest BCUT2D eigenvalue weighted by molar-refractivity contribution is 0.670. The molecule has 0 bridgehead atoms. The van der Waals surface area contributed by atoms with Crippen molar-refractivity contribution < 1.29 is 4.42 Å². The molecule has 0 amide bonds. The molecule has 0 N–H and O–H groups in total. The summed E-state index contributed by atoms with van der Waals surface area (Å²) < 4.78 is 9.39. The first kappa shape index (κ1) is 33.3. The number of rotatable bonds is 6. The lowest BCUT2D eigenvalue weighted by Crippen LogP contribution is -2.12. The molecule has 0 aliphatic heterocycles. The first-order valence-corrected chi connectivity index (χ1v) is 20.2. The van der Waals surface area contributed by atoms with Crippen LogP contribution in [0.4, 0.5) is 17.1 Å². The smallest absolute Gasteiger partial charge is 0.145 e. The third-order valence-electron chi connectivity index (χ3n) is 12.0. The van der Waals surface area contributed by atoms with E-state index in [1.165, 1.54) is 37.9 Å². The van der Waals surface area contributed by atoms with Crippen molar-refractivity contribution in [1.82, 2.24) is 4.57 Å². The number of aromatic nitrogens is 1. The molecule has 2 heterocycles. The van der Waals surface area contributed by atoms with Crippen LogP contribution in [0.1, 0.15) is 0 Å². The second-order valence-corrected chi connectivity index (χ2v) is 15.3. The van der Waals surface area contributed by atoms with Crippen LogP contribution in [-0.2, 0) is 0 Å². The van der Waals surface area contributed by atoms with Gasteiger partial charge in [0.15, 0.2) is 0 Å². The summed E-state index contributed by atoms with van der Waals surface area (Å²) in [5.41, 5.74) is 12.7. The number of hydrogen-bond acceptors (Lipinski definition) is 2. The number of anilines is 3. The van der Waals surface area contributed by atoms with Crippen molar-refractivity contribution in [3.05, 3.63) is 218 Å². The second kappa shape index (κ2) is 13.4. The SMILES string of the molecule is c1ccc(N(c2cccc(-c3ccc4c(ccc5ccccc54)c3)c2)c2ccc3c(oc4ccccc43)c2-c2ccccc2-n2c3ccccc3c3ccccc32)cc1. The Morgan fingerprint density at radius 3 is 1.81 bits per heavy atom. The van der Waals surface area contributed by atoms with Gasteiger partial charge in [0, 0.05) is 38.5 Å². The number of furan rings is 1. The van der Waals surface area contributed by atoms with Gasteiger partial charge in [0.1, 0.15) is 11.2 Å². The van der Waals surface area contributed by atoms with Crippen LogP contribution in [0.25, 0.3) is 93.2 Å². The highest BCUT2D eigenvalue weighted by Crippen LogP contribution is 2.49. The summed E-state index contributed by atoms with van der Waals surface area (Å²) in [7, 11) is 0. The summed E-state index contributed by atoms with van der Waals surface area (Å²) in [5.74, 6) is 0. The Balaban J connectivity index is 1.12. The molecule has 0 unspecified atom stereocenters. The van der Waals surface area contributed by atoms with Gasteiger partial charge in [-0.05, 0) is 99.4 Å². The first-order chi connectivity index (χ1) is 29.3. The van der Waals surface area contributed by atoms with Gasteiger partial charge >= 0.3 is 0 Å².